The molecule has 8 heteroatoms. The number of imidazole rings is 1. The lowest BCUT2D eigenvalue weighted by Gasteiger charge is -2.27. The quantitative estimate of drug-likeness (QED) is 0.581. The molecule has 0 bridgehead atoms. The van der Waals surface area contributed by atoms with Crippen molar-refractivity contribution in [2.24, 2.45) is 0 Å². The third kappa shape index (κ3) is 4.28. The van der Waals surface area contributed by atoms with Gasteiger partial charge in [-0.2, -0.15) is 0 Å². The van der Waals surface area contributed by atoms with E-state index in [0.29, 0.717) is 17.9 Å². The van der Waals surface area contributed by atoms with Crippen LogP contribution in [0.1, 0.15) is 29.5 Å². The number of para-hydroxylation sites is 2. The zero-order valence-electron chi connectivity index (χ0n) is 16.4. The summed E-state index contributed by atoms with van der Waals surface area (Å²) < 4.78 is 1.55. The van der Waals surface area contributed by atoms with Crippen LogP contribution in [0.3, 0.4) is 0 Å². The van der Waals surface area contributed by atoms with Crippen LogP contribution >= 0.6 is 11.3 Å². The Balaban J connectivity index is 1.47. The summed E-state index contributed by atoms with van der Waals surface area (Å²) in [7, 11) is 0. The van der Waals surface area contributed by atoms with Gasteiger partial charge in [0.05, 0.1) is 17.4 Å². The van der Waals surface area contributed by atoms with E-state index in [0.717, 1.165) is 18.8 Å². The minimum absolute atomic E-state index is 0.188. The molecule has 0 radical (unpaired) electrons. The molecule has 1 saturated heterocycles. The third-order valence-corrected chi connectivity index (χ3v) is 6.24. The van der Waals surface area contributed by atoms with Gasteiger partial charge in [-0.1, -0.05) is 18.2 Å². The van der Waals surface area contributed by atoms with Crippen LogP contribution in [0.25, 0.3) is 5.69 Å². The van der Waals surface area contributed by atoms with Crippen LogP contribution in [0.4, 0.5) is 10.5 Å². The van der Waals surface area contributed by atoms with Gasteiger partial charge in [-0.05, 0) is 56.4 Å². The predicted octanol–water partition coefficient (Wildman–Crippen LogP) is 3.49. The number of aryl methyl sites for hydroxylation is 1. The maximum atomic E-state index is 12.7. The van der Waals surface area contributed by atoms with Gasteiger partial charge in [-0.3, -0.25) is 9.47 Å². The fourth-order valence-corrected chi connectivity index (χ4v) is 4.69. The molecule has 1 atom stereocenters. The number of nitrogens with one attached hydrogen (secondary N) is 3. The van der Waals surface area contributed by atoms with Crippen LogP contribution in [0.2, 0.25) is 0 Å². The Morgan fingerprint density at radius 1 is 1.21 bits per heavy atom. The molecule has 1 aliphatic rings. The van der Waals surface area contributed by atoms with Crippen LogP contribution in [0.15, 0.2) is 52.8 Å². The number of hydrogen-bond donors (Lipinski definition) is 3. The fourth-order valence-electron chi connectivity index (χ4n) is 3.83. The van der Waals surface area contributed by atoms with Gasteiger partial charge in [0.1, 0.15) is 0 Å². The Morgan fingerprint density at radius 3 is 2.69 bits per heavy atom. The minimum Gasteiger partial charge on any atom is -0.336 e. The number of anilines is 1. The Kier molecular flexibility index (Phi) is 5.82. The molecule has 1 unspecified atom stereocenters. The first-order chi connectivity index (χ1) is 14.1. The molecule has 1 aromatic carbocycles. The van der Waals surface area contributed by atoms with E-state index >= 15 is 0 Å². The highest BCUT2D eigenvalue weighted by Gasteiger charge is 2.24. The first-order valence-corrected chi connectivity index (χ1v) is 10.7. The summed E-state index contributed by atoms with van der Waals surface area (Å²) >= 11 is 1.72. The molecule has 2 amide bonds. The van der Waals surface area contributed by atoms with E-state index in [1.54, 1.807) is 28.2 Å². The maximum Gasteiger partial charge on any atom is 0.330 e. The van der Waals surface area contributed by atoms with Crippen LogP contribution in [0, 0.1) is 6.92 Å². The van der Waals surface area contributed by atoms with Crippen molar-refractivity contribution in [2.75, 3.05) is 25.0 Å². The van der Waals surface area contributed by atoms with E-state index in [2.05, 4.69) is 38.0 Å². The van der Waals surface area contributed by atoms with Crippen LogP contribution in [-0.4, -0.2) is 40.1 Å². The van der Waals surface area contributed by atoms with E-state index in [1.807, 2.05) is 25.1 Å². The summed E-state index contributed by atoms with van der Waals surface area (Å²) in [4.78, 5) is 31.2. The molecule has 3 aromatic rings. The Hall–Kier alpha value is -2.84. The lowest BCUT2D eigenvalue weighted by Crippen LogP contribution is -2.38. The number of hydrogen-bond acceptors (Lipinski definition) is 4. The molecule has 29 heavy (non-hydrogen) atoms. The summed E-state index contributed by atoms with van der Waals surface area (Å²) in [6, 6.07) is 11.4. The number of nitrogens with zero attached hydrogens (tertiary/aromatic N) is 2. The van der Waals surface area contributed by atoms with Crippen molar-refractivity contribution in [2.45, 2.75) is 25.8 Å². The lowest BCUT2D eigenvalue weighted by molar-refractivity contribution is 0.229. The number of aromatic nitrogens is 2. The molecule has 0 spiro atoms. The second-order valence-corrected chi connectivity index (χ2v) is 8.18. The summed E-state index contributed by atoms with van der Waals surface area (Å²) in [6.45, 7) is 4.50. The van der Waals surface area contributed by atoms with Crippen molar-refractivity contribution in [1.29, 1.82) is 0 Å². The molecule has 4 rings (SSSR count). The molecule has 1 fully saturated rings. The lowest BCUT2D eigenvalue weighted by atomic mass is 10.2. The predicted molar refractivity (Wildman–Crippen MR) is 116 cm³/mol. The van der Waals surface area contributed by atoms with Crippen molar-refractivity contribution in [3.05, 3.63) is 69.0 Å². The van der Waals surface area contributed by atoms with E-state index in [9.17, 15) is 9.59 Å². The third-order valence-electron chi connectivity index (χ3n) is 5.26. The highest BCUT2D eigenvalue weighted by atomic mass is 32.1. The zero-order chi connectivity index (χ0) is 20.2. The molecular weight excluding hydrogens is 386 g/mol. The van der Waals surface area contributed by atoms with Gasteiger partial charge in [0.15, 0.2) is 0 Å². The Labute approximate surface area is 173 Å². The molecule has 3 heterocycles. The minimum atomic E-state index is -0.278. The van der Waals surface area contributed by atoms with Crippen molar-refractivity contribution in [3.8, 4) is 5.69 Å². The number of amides is 2. The standard InChI is InChI=1S/C21H25N5O2S/c1-15-13-23-21(28)26(15)17-8-3-2-7-16(17)24-20(27)22-14-18(19-9-6-12-29-19)25-10-4-5-11-25/h2-3,6-9,12-13,18H,4-5,10-11,14H2,1H3,(H,23,28)(H2,22,24,27). The number of carbonyl (C=O) groups excluding carboxylic acids is 1. The molecular formula is C21H25N5O2S. The first kappa shape index (κ1) is 19.5. The van der Waals surface area contributed by atoms with Gasteiger partial charge in [0.2, 0.25) is 0 Å². The topological polar surface area (TPSA) is 82.2 Å². The molecule has 1 aliphatic heterocycles. The second-order valence-electron chi connectivity index (χ2n) is 7.20. The molecule has 0 saturated carbocycles. The SMILES string of the molecule is Cc1c[nH]c(=O)n1-c1ccccc1NC(=O)NCC(c1cccs1)N1CCCC1. The van der Waals surface area contributed by atoms with Gasteiger partial charge in [-0.15, -0.1) is 11.3 Å². The van der Waals surface area contributed by atoms with Gasteiger partial charge < -0.3 is 15.6 Å². The van der Waals surface area contributed by atoms with E-state index in [1.165, 1.54) is 17.7 Å². The first-order valence-electron chi connectivity index (χ1n) is 9.82. The smallest absolute Gasteiger partial charge is 0.330 e. The fraction of sp³-hybridized carbons (Fsp3) is 0.333. The average molecular weight is 412 g/mol. The molecule has 7 nitrogen and oxygen atoms in total. The second kappa shape index (κ2) is 8.67. The van der Waals surface area contributed by atoms with E-state index < -0.39 is 0 Å². The summed E-state index contributed by atoms with van der Waals surface area (Å²) in [5, 5.41) is 8.00. The summed E-state index contributed by atoms with van der Waals surface area (Å²) in [5.41, 5.74) is 1.77. The van der Waals surface area contributed by atoms with E-state index in [4.69, 9.17) is 0 Å². The van der Waals surface area contributed by atoms with Gasteiger partial charge in [0, 0.05) is 23.3 Å². The number of benzene rings is 1. The maximum absolute atomic E-state index is 12.7. The Bertz CT molecular complexity index is 1020. The normalized spacial score (nSPS) is 15.3. The molecule has 3 N–H and O–H groups in total. The average Bonchev–Trinajstić information content (AvgIpc) is 3.47. The van der Waals surface area contributed by atoms with Crippen LogP contribution < -0.4 is 16.3 Å². The monoisotopic (exact) mass is 411 g/mol. The zero-order valence-corrected chi connectivity index (χ0v) is 17.2. The van der Waals surface area contributed by atoms with Crippen molar-refractivity contribution >= 4 is 23.1 Å². The van der Waals surface area contributed by atoms with Crippen molar-refractivity contribution in [1.82, 2.24) is 19.8 Å². The summed E-state index contributed by atoms with van der Waals surface area (Å²) in [6.07, 6.45) is 4.05. The largest absolute Gasteiger partial charge is 0.336 e. The van der Waals surface area contributed by atoms with Crippen LogP contribution in [-0.2, 0) is 0 Å². The number of H-pyrrole nitrogens is 1. The molecule has 0 aliphatic carbocycles. The number of rotatable bonds is 6. The van der Waals surface area contributed by atoms with E-state index in [-0.39, 0.29) is 17.8 Å². The molecule has 152 valence electrons. The highest BCUT2D eigenvalue weighted by molar-refractivity contribution is 7.10. The van der Waals surface area contributed by atoms with Crippen molar-refractivity contribution in [3.63, 3.8) is 0 Å². The van der Waals surface area contributed by atoms with Gasteiger partial charge in [0.25, 0.3) is 0 Å². The Morgan fingerprint density at radius 2 is 2.00 bits per heavy atom. The number of thiophene rings is 1. The van der Waals surface area contributed by atoms with Gasteiger partial charge in [-0.25, -0.2) is 9.59 Å². The van der Waals surface area contributed by atoms with Crippen LogP contribution in [0.5, 0.6) is 0 Å². The van der Waals surface area contributed by atoms with Crippen molar-refractivity contribution < 1.29 is 4.79 Å². The van der Waals surface area contributed by atoms with Gasteiger partial charge >= 0.3 is 11.7 Å². The highest BCUT2D eigenvalue weighted by Crippen LogP contribution is 2.28. The summed E-state index contributed by atoms with van der Waals surface area (Å²) in [5.74, 6) is 0. The number of urea groups is 1. The molecule has 2 aromatic heterocycles. The number of aromatic amines is 1. The number of carbonyl (C=O) groups is 1. The number of likely N-dealkylation sites (tertiary alicyclic amines) is 1.